The summed E-state index contributed by atoms with van der Waals surface area (Å²) in [7, 11) is 0. The van der Waals surface area contributed by atoms with Gasteiger partial charge in [-0.3, -0.25) is 0 Å². The summed E-state index contributed by atoms with van der Waals surface area (Å²) in [5.74, 6) is 2.25. The Bertz CT molecular complexity index is 985. The van der Waals surface area contributed by atoms with E-state index >= 15 is 0 Å². The molecule has 0 atom stereocenters. The van der Waals surface area contributed by atoms with E-state index in [1.54, 1.807) is 12.1 Å². The van der Waals surface area contributed by atoms with Crippen LogP contribution in [0.5, 0.6) is 0 Å². The second-order valence-corrected chi connectivity index (χ2v) is 7.29. The zero-order valence-corrected chi connectivity index (χ0v) is 16.0. The van der Waals surface area contributed by atoms with Crippen LogP contribution in [0.1, 0.15) is 25.3 Å². The minimum absolute atomic E-state index is 0.546. The highest BCUT2D eigenvalue weighted by Crippen LogP contribution is 2.28. The first kappa shape index (κ1) is 18.0. The SMILES string of the molecule is CC1CCN(c2cc(-c3ccccc3)nc(Nc3cccc(C#N)c3)n2)CC1. The maximum absolute atomic E-state index is 9.14. The van der Waals surface area contributed by atoms with Crippen LogP contribution < -0.4 is 10.2 Å². The molecule has 140 valence electrons. The molecule has 1 fully saturated rings. The number of nitrogens with zero attached hydrogens (tertiary/aromatic N) is 4. The molecular weight excluding hydrogens is 346 g/mol. The first-order chi connectivity index (χ1) is 13.7. The Morgan fingerprint density at radius 2 is 1.79 bits per heavy atom. The monoisotopic (exact) mass is 369 g/mol. The predicted octanol–water partition coefficient (Wildman–Crippen LogP) is 5.00. The molecule has 0 saturated carbocycles. The van der Waals surface area contributed by atoms with Crippen molar-refractivity contribution in [3.8, 4) is 17.3 Å². The van der Waals surface area contributed by atoms with Crippen molar-refractivity contribution in [3.63, 3.8) is 0 Å². The quantitative estimate of drug-likeness (QED) is 0.701. The molecule has 1 aliphatic rings. The fourth-order valence-corrected chi connectivity index (χ4v) is 3.44. The first-order valence-corrected chi connectivity index (χ1v) is 9.68. The average Bonchev–Trinajstić information content (AvgIpc) is 2.75. The fourth-order valence-electron chi connectivity index (χ4n) is 3.44. The molecule has 0 aliphatic carbocycles. The number of rotatable bonds is 4. The third-order valence-electron chi connectivity index (χ3n) is 5.14. The summed E-state index contributed by atoms with van der Waals surface area (Å²) in [6, 6.07) is 21.8. The number of piperidine rings is 1. The molecule has 0 amide bonds. The van der Waals surface area contributed by atoms with Gasteiger partial charge in [0.25, 0.3) is 0 Å². The van der Waals surface area contributed by atoms with Gasteiger partial charge in [-0.05, 0) is 37.0 Å². The largest absolute Gasteiger partial charge is 0.356 e. The lowest BCUT2D eigenvalue weighted by atomic mass is 9.99. The van der Waals surface area contributed by atoms with Crippen LogP contribution in [0.3, 0.4) is 0 Å². The third-order valence-corrected chi connectivity index (χ3v) is 5.14. The molecule has 3 aromatic rings. The van der Waals surface area contributed by atoms with E-state index in [1.165, 1.54) is 12.8 Å². The van der Waals surface area contributed by atoms with Crippen LogP contribution in [0.4, 0.5) is 17.5 Å². The normalized spacial score (nSPS) is 14.5. The Morgan fingerprint density at radius 3 is 2.54 bits per heavy atom. The summed E-state index contributed by atoms with van der Waals surface area (Å²) in [5, 5.41) is 12.4. The topological polar surface area (TPSA) is 64.8 Å². The van der Waals surface area contributed by atoms with Crippen LogP contribution in [-0.4, -0.2) is 23.1 Å². The standard InChI is InChI=1S/C23H23N5/c1-17-10-12-28(13-11-17)22-15-21(19-7-3-2-4-8-19)26-23(27-22)25-20-9-5-6-18(14-20)16-24/h2-9,14-15,17H,10-13H2,1H3,(H,25,26,27). The number of hydrogen-bond donors (Lipinski definition) is 1. The van der Waals surface area contributed by atoms with E-state index in [2.05, 4.69) is 41.4 Å². The number of hydrogen-bond acceptors (Lipinski definition) is 5. The minimum atomic E-state index is 0.546. The van der Waals surface area contributed by atoms with Gasteiger partial charge in [0, 0.05) is 30.4 Å². The summed E-state index contributed by atoms with van der Waals surface area (Å²) in [6.07, 6.45) is 2.36. The summed E-state index contributed by atoms with van der Waals surface area (Å²) < 4.78 is 0. The van der Waals surface area contributed by atoms with E-state index in [0.717, 1.165) is 41.8 Å². The number of benzene rings is 2. The lowest BCUT2D eigenvalue weighted by Crippen LogP contribution is -2.33. The summed E-state index contributed by atoms with van der Waals surface area (Å²) in [5.41, 5.74) is 3.37. The zero-order valence-electron chi connectivity index (χ0n) is 16.0. The summed E-state index contributed by atoms with van der Waals surface area (Å²) in [6.45, 7) is 4.33. The smallest absolute Gasteiger partial charge is 0.229 e. The Balaban J connectivity index is 1.70. The molecule has 0 spiro atoms. The second-order valence-electron chi connectivity index (χ2n) is 7.29. The molecule has 1 aromatic heterocycles. The van der Waals surface area contributed by atoms with E-state index in [0.29, 0.717) is 11.5 Å². The molecular formula is C23H23N5. The van der Waals surface area contributed by atoms with Crippen molar-refractivity contribution >= 4 is 17.5 Å². The van der Waals surface area contributed by atoms with Crippen molar-refractivity contribution in [2.45, 2.75) is 19.8 Å². The van der Waals surface area contributed by atoms with E-state index in [9.17, 15) is 0 Å². The van der Waals surface area contributed by atoms with Gasteiger partial charge in [0.15, 0.2) is 0 Å². The fraction of sp³-hybridized carbons (Fsp3) is 0.261. The maximum atomic E-state index is 9.14. The van der Waals surface area contributed by atoms with Crippen LogP contribution in [0, 0.1) is 17.2 Å². The molecule has 1 N–H and O–H groups in total. The van der Waals surface area contributed by atoms with Crippen molar-refractivity contribution in [2.24, 2.45) is 5.92 Å². The molecule has 5 heteroatoms. The molecule has 2 heterocycles. The Morgan fingerprint density at radius 1 is 1.00 bits per heavy atom. The zero-order chi connectivity index (χ0) is 19.3. The number of anilines is 3. The Kier molecular flexibility index (Phi) is 5.20. The molecule has 4 rings (SSSR count). The van der Waals surface area contributed by atoms with Gasteiger partial charge in [-0.15, -0.1) is 0 Å². The van der Waals surface area contributed by atoms with Gasteiger partial charge in [-0.2, -0.15) is 10.2 Å². The van der Waals surface area contributed by atoms with E-state index in [-0.39, 0.29) is 0 Å². The number of aromatic nitrogens is 2. The van der Waals surface area contributed by atoms with E-state index in [1.807, 2.05) is 30.3 Å². The van der Waals surface area contributed by atoms with Gasteiger partial charge < -0.3 is 10.2 Å². The van der Waals surface area contributed by atoms with Crippen LogP contribution in [0.2, 0.25) is 0 Å². The van der Waals surface area contributed by atoms with Crippen molar-refractivity contribution < 1.29 is 0 Å². The number of nitriles is 1. The maximum Gasteiger partial charge on any atom is 0.229 e. The van der Waals surface area contributed by atoms with Gasteiger partial charge in [-0.25, -0.2) is 4.98 Å². The third kappa shape index (κ3) is 4.12. The molecule has 1 aliphatic heterocycles. The minimum Gasteiger partial charge on any atom is -0.356 e. The predicted molar refractivity (Wildman–Crippen MR) is 113 cm³/mol. The van der Waals surface area contributed by atoms with Crippen molar-refractivity contribution in [1.82, 2.24) is 9.97 Å². The van der Waals surface area contributed by atoms with Crippen LogP contribution >= 0.6 is 0 Å². The molecule has 2 aromatic carbocycles. The molecule has 5 nitrogen and oxygen atoms in total. The van der Waals surface area contributed by atoms with Gasteiger partial charge >= 0.3 is 0 Å². The summed E-state index contributed by atoms with van der Waals surface area (Å²) >= 11 is 0. The van der Waals surface area contributed by atoms with Gasteiger partial charge in [0.1, 0.15) is 5.82 Å². The molecule has 28 heavy (non-hydrogen) atoms. The second kappa shape index (κ2) is 8.10. The summed E-state index contributed by atoms with van der Waals surface area (Å²) in [4.78, 5) is 11.8. The van der Waals surface area contributed by atoms with Crippen LogP contribution in [-0.2, 0) is 0 Å². The van der Waals surface area contributed by atoms with Crippen LogP contribution in [0.25, 0.3) is 11.3 Å². The Hall–Kier alpha value is -3.39. The molecule has 0 radical (unpaired) electrons. The molecule has 0 bridgehead atoms. The molecule has 1 saturated heterocycles. The van der Waals surface area contributed by atoms with Crippen molar-refractivity contribution in [1.29, 1.82) is 5.26 Å². The van der Waals surface area contributed by atoms with Crippen LogP contribution in [0.15, 0.2) is 60.7 Å². The van der Waals surface area contributed by atoms with Gasteiger partial charge in [-0.1, -0.05) is 43.3 Å². The lowest BCUT2D eigenvalue weighted by Gasteiger charge is -2.31. The van der Waals surface area contributed by atoms with E-state index in [4.69, 9.17) is 15.2 Å². The van der Waals surface area contributed by atoms with Gasteiger partial charge in [0.05, 0.1) is 17.3 Å². The highest BCUT2D eigenvalue weighted by atomic mass is 15.2. The first-order valence-electron chi connectivity index (χ1n) is 9.68. The molecule has 0 unspecified atom stereocenters. The Labute approximate surface area is 165 Å². The van der Waals surface area contributed by atoms with Crippen molar-refractivity contribution in [3.05, 3.63) is 66.2 Å². The van der Waals surface area contributed by atoms with Gasteiger partial charge in [0.2, 0.25) is 5.95 Å². The number of nitrogens with one attached hydrogen (secondary N) is 1. The average molecular weight is 369 g/mol. The van der Waals surface area contributed by atoms with Crippen molar-refractivity contribution in [2.75, 3.05) is 23.3 Å². The van der Waals surface area contributed by atoms with E-state index < -0.39 is 0 Å². The highest BCUT2D eigenvalue weighted by Gasteiger charge is 2.19. The highest BCUT2D eigenvalue weighted by molar-refractivity contribution is 5.67. The lowest BCUT2D eigenvalue weighted by molar-refractivity contribution is 0.436.